The number of carbonyl (C=O) groups excluding carboxylic acids is 1. The van der Waals surface area contributed by atoms with E-state index in [1.165, 1.54) is 0 Å². The number of amides is 1. The van der Waals surface area contributed by atoms with E-state index in [2.05, 4.69) is 12.2 Å². The topological polar surface area (TPSA) is 88.8 Å². The van der Waals surface area contributed by atoms with Gasteiger partial charge in [0, 0.05) is 11.1 Å². The minimum Gasteiger partial charge on any atom is -0.480 e. The first-order chi connectivity index (χ1) is 20.4. The fraction of sp³-hybridized carbons (Fsp3) is 0.314. The van der Waals surface area contributed by atoms with E-state index in [1.54, 1.807) is 17.8 Å². The van der Waals surface area contributed by atoms with Gasteiger partial charge in [-0.1, -0.05) is 80.4 Å². The molecule has 0 spiro atoms. The van der Waals surface area contributed by atoms with E-state index in [4.69, 9.17) is 9.15 Å². The maximum absolute atomic E-state index is 13.4. The molecule has 0 fully saturated rings. The minimum atomic E-state index is -1.04. The maximum atomic E-state index is 13.4. The van der Waals surface area contributed by atoms with Crippen molar-refractivity contribution in [2.24, 2.45) is 0 Å². The lowest BCUT2D eigenvalue weighted by Crippen LogP contribution is -2.41. The van der Waals surface area contributed by atoms with Crippen molar-refractivity contribution in [2.45, 2.75) is 58.3 Å². The summed E-state index contributed by atoms with van der Waals surface area (Å²) in [7, 11) is 0. The van der Waals surface area contributed by atoms with Crippen LogP contribution in [0.5, 0.6) is 0 Å². The molecule has 4 rings (SSSR count). The van der Waals surface area contributed by atoms with Crippen molar-refractivity contribution in [3.05, 3.63) is 107 Å². The number of carbonyl (C=O) groups is 2. The standard InChI is InChI=1S/C35H39NO5S/c1-4-5-15-32(33-19-18-31(41-33)26-12-7-6-8-13-26)40-23-25-16-17-28(29(22-25)27-14-10-9-11-24(27)2)34(37)36-30(35(38)39)20-21-42-3/h6-14,16-19,22,30,32H,4-5,15,20-21,23H2,1-3H3,(H,36,37)(H,38,39)/t30-,32-/m0/s1. The highest BCUT2D eigenvalue weighted by atomic mass is 32.2. The molecule has 0 aliphatic carbocycles. The summed E-state index contributed by atoms with van der Waals surface area (Å²) < 4.78 is 12.7. The molecular weight excluding hydrogens is 546 g/mol. The first kappa shape index (κ1) is 31.1. The third kappa shape index (κ3) is 8.14. The van der Waals surface area contributed by atoms with Crippen molar-refractivity contribution >= 4 is 23.6 Å². The first-order valence-electron chi connectivity index (χ1n) is 14.4. The third-order valence-corrected chi connectivity index (χ3v) is 7.90. The number of rotatable bonds is 15. The summed E-state index contributed by atoms with van der Waals surface area (Å²) in [4.78, 5) is 25.2. The summed E-state index contributed by atoms with van der Waals surface area (Å²) in [5, 5.41) is 12.4. The molecule has 0 aliphatic rings. The predicted octanol–water partition coefficient (Wildman–Crippen LogP) is 8.31. The van der Waals surface area contributed by atoms with Crippen molar-refractivity contribution < 1.29 is 23.8 Å². The molecule has 7 heteroatoms. The average molecular weight is 586 g/mol. The van der Waals surface area contributed by atoms with Crippen LogP contribution in [0.4, 0.5) is 0 Å². The number of carboxylic acids is 1. The minimum absolute atomic E-state index is 0.208. The Bertz CT molecular complexity index is 1470. The van der Waals surface area contributed by atoms with E-state index in [1.807, 2.05) is 92.0 Å². The maximum Gasteiger partial charge on any atom is 0.326 e. The van der Waals surface area contributed by atoms with Gasteiger partial charge >= 0.3 is 5.97 Å². The zero-order chi connectivity index (χ0) is 29.9. The van der Waals surface area contributed by atoms with Gasteiger partial charge in [0.15, 0.2) is 0 Å². The number of furan rings is 1. The van der Waals surface area contributed by atoms with Gasteiger partial charge in [0.2, 0.25) is 0 Å². The number of thioether (sulfide) groups is 1. The molecule has 6 nitrogen and oxygen atoms in total. The molecule has 2 N–H and O–H groups in total. The van der Waals surface area contributed by atoms with E-state index >= 15 is 0 Å². The van der Waals surface area contributed by atoms with E-state index in [0.29, 0.717) is 24.3 Å². The second-order valence-corrected chi connectivity index (χ2v) is 11.3. The van der Waals surface area contributed by atoms with Crippen molar-refractivity contribution in [3.63, 3.8) is 0 Å². The fourth-order valence-electron chi connectivity index (χ4n) is 4.88. The first-order valence-corrected chi connectivity index (χ1v) is 15.8. The van der Waals surface area contributed by atoms with Gasteiger partial charge in [0.05, 0.1) is 6.61 Å². The van der Waals surface area contributed by atoms with E-state index in [0.717, 1.165) is 58.6 Å². The van der Waals surface area contributed by atoms with Gasteiger partial charge in [-0.2, -0.15) is 11.8 Å². The van der Waals surface area contributed by atoms with Gasteiger partial charge in [-0.05, 0) is 78.3 Å². The molecule has 2 atom stereocenters. The summed E-state index contributed by atoms with van der Waals surface area (Å²) in [6.45, 7) is 4.49. The smallest absolute Gasteiger partial charge is 0.326 e. The van der Waals surface area contributed by atoms with E-state index < -0.39 is 17.9 Å². The summed E-state index contributed by atoms with van der Waals surface area (Å²) in [5.41, 5.74) is 5.06. The second-order valence-electron chi connectivity index (χ2n) is 10.4. The van der Waals surface area contributed by atoms with Gasteiger partial charge in [-0.3, -0.25) is 4.79 Å². The lowest BCUT2D eigenvalue weighted by atomic mass is 9.93. The highest BCUT2D eigenvalue weighted by molar-refractivity contribution is 7.98. The number of benzene rings is 3. The Morgan fingerprint density at radius 1 is 0.952 bits per heavy atom. The highest BCUT2D eigenvalue weighted by Crippen LogP contribution is 2.32. The third-order valence-electron chi connectivity index (χ3n) is 7.25. The number of hydrogen-bond donors (Lipinski definition) is 2. The second kappa shape index (κ2) is 15.4. The molecule has 220 valence electrons. The molecule has 0 aliphatic heterocycles. The Balaban J connectivity index is 1.59. The molecule has 4 aromatic rings. The quantitative estimate of drug-likeness (QED) is 0.146. The van der Waals surface area contributed by atoms with Gasteiger partial charge in [0.25, 0.3) is 5.91 Å². The fourth-order valence-corrected chi connectivity index (χ4v) is 5.36. The van der Waals surface area contributed by atoms with Crippen molar-refractivity contribution in [1.82, 2.24) is 5.32 Å². The zero-order valence-corrected chi connectivity index (χ0v) is 25.3. The number of ether oxygens (including phenoxy) is 1. The zero-order valence-electron chi connectivity index (χ0n) is 24.5. The van der Waals surface area contributed by atoms with Gasteiger partial charge < -0.3 is 19.6 Å². The van der Waals surface area contributed by atoms with Crippen molar-refractivity contribution in [3.8, 4) is 22.5 Å². The van der Waals surface area contributed by atoms with Crippen LogP contribution >= 0.6 is 11.8 Å². The average Bonchev–Trinajstić information content (AvgIpc) is 3.50. The number of carboxylic acid groups (broad SMARTS) is 1. The summed E-state index contributed by atoms with van der Waals surface area (Å²) in [6.07, 6.45) is 4.93. The van der Waals surface area contributed by atoms with Gasteiger partial charge in [-0.15, -0.1) is 0 Å². The van der Waals surface area contributed by atoms with Crippen LogP contribution in [0.1, 0.15) is 66.0 Å². The van der Waals surface area contributed by atoms with Crippen molar-refractivity contribution in [2.75, 3.05) is 12.0 Å². The summed E-state index contributed by atoms with van der Waals surface area (Å²) >= 11 is 1.55. The molecule has 1 amide bonds. The van der Waals surface area contributed by atoms with Crippen LogP contribution in [0.25, 0.3) is 22.5 Å². The number of unbranched alkanes of at least 4 members (excludes halogenated alkanes) is 1. The number of nitrogens with one attached hydrogen (secondary N) is 1. The largest absolute Gasteiger partial charge is 0.480 e. The molecule has 0 bridgehead atoms. The van der Waals surface area contributed by atoms with Crippen LogP contribution in [0.2, 0.25) is 0 Å². The normalized spacial score (nSPS) is 12.5. The molecule has 3 aromatic carbocycles. The lowest BCUT2D eigenvalue weighted by molar-refractivity contribution is -0.139. The van der Waals surface area contributed by atoms with Crippen LogP contribution in [0, 0.1) is 6.92 Å². The molecule has 42 heavy (non-hydrogen) atoms. The number of hydrogen-bond acceptors (Lipinski definition) is 5. The number of aliphatic carboxylic acids is 1. The summed E-state index contributed by atoms with van der Waals surface area (Å²) in [6, 6.07) is 26.5. The Kier molecular flexibility index (Phi) is 11.4. The molecule has 1 heterocycles. The SMILES string of the molecule is CCCC[C@H](OCc1ccc(C(=O)N[C@@H](CCSC)C(=O)O)c(-c2ccccc2C)c1)c1ccc(-c2ccccc2)o1. The van der Waals surface area contributed by atoms with Crippen molar-refractivity contribution in [1.29, 1.82) is 0 Å². The van der Waals surface area contributed by atoms with Crippen LogP contribution < -0.4 is 5.32 Å². The lowest BCUT2D eigenvalue weighted by Gasteiger charge is -2.19. The Morgan fingerprint density at radius 2 is 1.71 bits per heavy atom. The van der Waals surface area contributed by atoms with Crippen LogP contribution in [-0.4, -0.2) is 35.0 Å². The Hall–Kier alpha value is -3.81. The molecule has 0 radical (unpaired) electrons. The molecule has 0 saturated heterocycles. The monoisotopic (exact) mass is 585 g/mol. The van der Waals surface area contributed by atoms with Crippen LogP contribution in [0.15, 0.2) is 89.3 Å². The Morgan fingerprint density at radius 3 is 2.43 bits per heavy atom. The predicted molar refractivity (Wildman–Crippen MR) is 170 cm³/mol. The highest BCUT2D eigenvalue weighted by Gasteiger charge is 2.23. The van der Waals surface area contributed by atoms with E-state index in [-0.39, 0.29) is 6.10 Å². The van der Waals surface area contributed by atoms with Crippen LogP contribution in [-0.2, 0) is 16.1 Å². The molecule has 0 unspecified atom stereocenters. The summed E-state index contributed by atoms with van der Waals surface area (Å²) in [5.74, 6) is 0.803. The molecular formula is C35H39NO5S. The molecule has 0 saturated carbocycles. The Labute approximate surface area is 252 Å². The molecule has 1 aromatic heterocycles. The van der Waals surface area contributed by atoms with E-state index in [9.17, 15) is 14.7 Å². The van der Waals surface area contributed by atoms with Crippen LogP contribution in [0.3, 0.4) is 0 Å². The van der Waals surface area contributed by atoms with Gasteiger partial charge in [0.1, 0.15) is 23.7 Å². The van der Waals surface area contributed by atoms with Gasteiger partial charge in [-0.25, -0.2) is 4.79 Å². The number of aryl methyl sites for hydroxylation is 1.